The van der Waals surface area contributed by atoms with Crippen molar-refractivity contribution in [2.45, 2.75) is 30.8 Å². The van der Waals surface area contributed by atoms with Crippen LogP contribution in [-0.4, -0.2) is 43.6 Å². The van der Waals surface area contributed by atoms with E-state index in [4.69, 9.17) is 0 Å². The standard InChI is InChI=1S/C18H23N3O4S/c1-14(22)13-21-26(24,25)17-6-2-5-16(12-17)18(23)20-9-3-4-15-7-10-19-11-8-15/h2,5-8,10-12,14,21-22H,3-4,9,13H2,1H3,(H,20,23)/t14-/m1/s1. The van der Waals surface area contributed by atoms with Crippen LogP contribution in [0.2, 0.25) is 0 Å². The summed E-state index contributed by atoms with van der Waals surface area (Å²) in [5, 5.41) is 12.0. The highest BCUT2D eigenvalue weighted by atomic mass is 32.2. The summed E-state index contributed by atoms with van der Waals surface area (Å²) in [6.45, 7) is 1.88. The SMILES string of the molecule is C[C@@H](O)CNS(=O)(=O)c1cccc(C(=O)NCCCc2ccncc2)c1. The summed E-state index contributed by atoms with van der Waals surface area (Å²) in [6, 6.07) is 9.66. The second-order valence-electron chi connectivity index (χ2n) is 5.94. The second-order valence-corrected chi connectivity index (χ2v) is 7.71. The number of nitrogens with zero attached hydrogens (tertiary/aromatic N) is 1. The van der Waals surface area contributed by atoms with Gasteiger partial charge in [-0.1, -0.05) is 6.07 Å². The smallest absolute Gasteiger partial charge is 0.251 e. The molecule has 0 bridgehead atoms. The molecule has 0 saturated carbocycles. The van der Waals surface area contributed by atoms with Gasteiger partial charge in [-0.25, -0.2) is 13.1 Å². The topological polar surface area (TPSA) is 108 Å². The van der Waals surface area contributed by atoms with Crippen molar-refractivity contribution < 1.29 is 18.3 Å². The van der Waals surface area contributed by atoms with Crippen molar-refractivity contribution >= 4 is 15.9 Å². The molecule has 26 heavy (non-hydrogen) atoms. The zero-order valence-corrected chi connectivity index (χ0v) is 15.4. The molecule has 2 aromatic rings. The summed E-state index contributed by atoms with van der Waals surface area (Å²) in [4.78, 5) is 16.2. The van der Waals surface area contributed by atoms with Crippen molar-refractivity contribution in [1.82, 2.24) is 15.0 Å². The number of carbonyl (C=O) groups excluding carboxylic acids is 1. The molecule has 8 heteroatoms. The van der Waals surface area contributed by atoms with Crippen molar-refractivity contribution in [3.05, 3.63) is 59.9 Å². The van der Waals surface area contributed by atoms with Crippen LogP contribution in [0.1, 0.15) is 29.3 Å². The Bertz CT molecular complexity index is 823. The largest absolute Gasteiger partial charge is 0.392 e. The fourth-order valence-electron chi connectivity index (χ4n) is 2.26. The van der Waals surface area contributed by atoms with E-state index in [1.54, 1.807) is 18.5 Å². The molecule has 7 nitrogen and oxygen atoms in total. The van der Waals surface area contributed by atoms with E-state index in [0.717, 1.165) is 18.4 Å². The van der Waals surface area contributed by atoms with Crippen molar-refractivity contribution in [3.8, 4) is 0 Å². The molecule has 0 unspecified atom stereocenters. The van der Waals surface area contributed by atoms with E-state index in [9.17, 15) is 18.3 Å². The van der Waals surface area contributed by atoms with E-state index in [2.05, 4.69) is 15.0 Å². The van der Waals surface area contributed by atoms with Crippen molar-refractivity contribution in [1.29, 1.82) is 0 Å². The van der Waals surface area contributed by atoms with E-state index >= 15 is 0 Å². The maximum Gasteiger partial charge on any atom is 0.251 e. The van der Waals surface area contributed by atoms with Crippen molar-refractivity contribution in [2.75, 3.05) is 13.1 Å². The first kappa shape index (κ1) is 20.0. The molecule has 0 fully saturated rings. The van der Waals surface area contributed by atoms with Gasteiger partial charge in [0.1, 0.15) is 0 Å². The zero-order chi connectivity index (χ0) is 19.0. The first-order valence-electron chi connectivity index (χ1n) is 8.33. The Labute approximate surface area is 153 Å². The van der Waals surface area contributed by atoms with Gasteiger partial charge in [0.05, 0.1) is 11.0 Å². The summed E-state index contributed by atoms with van der Waals surface area (Å²) in [5.74, 6) is -0.327. The van der Waals surface area contributed by atoms with E-state index in [0.29, 0.717) is 6.54 Å². The predicted octanol–water partition coefficient (Wildman–Crippen LogP) is 1.10. The van der Waals surface area contributed by atoms with Gasteiger partial charge in [0, 0.05) is 31.0 Å². The molecule has 1 aromatic heterocycles. The Morgan fingerprint density at radius 2 is 1.96 bits per heavy atom. The predicted molar refractivity (Wildman–Crippen MR) is 98.2 cm³/mol. The Morgan fingerprint density at radius 3 is 2.65 bits per heavy atom. The van der Waals surface area contributed by atoms with Gasteiger partial charge in [-0.3, -0.25) is 9.78 Å². The highest BCUT2D eigenvalue weighted by Crippen LogP contribution is 2.11. The van der Waals surface area contributed by atoms with Gasteiger partial charge in [0.15, 0.2) is 0 Å². The Kier molecular flexibility index (Phi) is 7.26. The number of aliphatic hydroxyl groups excluding tert-OH is 1. The number of pyridine rings is 1. The molecule has 1 amide bonds. The number of nitrogens with one attached hydrogen (secondary N) is 2. The summed E-state index contributed by atoms with van der Waals surface area (Å²) in [7, 11) is -3.77. The van der Waals surface area contributed by atoms with Gasteiger partial charge in [-0.2, -0.15) is 0 Å². The summed E-state index contributed by atoms with van der Waals surface area (Å²) in [6.07, 6.45) is 4.25. The molecule has 0 aliphatic rings. The normalized spacial score (nSPS) is 12.5. The van der Waals surface area contributed by atoms with Gasteiger partial charge in [-0.15, -0.1) is 0 Å². The highest BCUT2D eigenvalue weighted by molar-refractivity contribution is 7.89. The maximum absolute atomic E-state index is 12.2. The number of benzene rings is 1. The van der Waals surface area contributed by atoms with E-state index in [-0.39, 0.29) is 22.9 Å². The lowest BCUT2D eigenvalue weighted by molar-refractivity contribution is 0.0953. The van der Waals surface area contributed by atoms with Crippen LogP contribution < -0.4 is 10.0 Å². The van der Waals surface area contributed by atoms with Gasteiger partial charge in [0.2, 0.25) is 10.0 Å². The zero-order valence-electron chi connectivity index (χ0n) is 14.6. The molecule has 0 radical (unpaired) electrons. The van der Waals surface area contributed by atoms with Crippen LogP contribution in [0.15, 0.2) is 53.7 Å². The lowest BCUT2D eigenvalue weighted by Gasteiger charge is -2.10. The molecule has 0 saturated heterocycles. The Balaban J connectivity index is 1.91. The number of rotatable bonds is 9. The van der Waals surface area contributed by atoms with Crippen molar-refractivity contribution in [2.24, 2.45) is 0 Å². The van der Waals surface area contributed by atoms with Crippen LogP contribution in [0.4, 0.5) is 0 Å². The van der Waals surface area contributed by atoms with Gasteiger partial charge in [-0.05, 0) is 55.7 Å². The number of sulfonamides is 1. The molecule has 1 aromatic carbocycles. The number of hydrogen-bond donors (Lipinski definition) is 3. The Morgan fingerprint density at radius 1 is 1.23 bits per heavy atom. The first-order chi connectivity index (χ1) is 12.4. The van der Waals surface area contributed by atoms with Crippen LogP contribution in [0.5, 0.6) is 0 Å². The maximum atomic E-state index is 12.2. The van der Waals surface area contributed by atoms with Gasteiger partial charge in [0.25, 0.3) is 5.91 Å². The average molecular weight is 377 g/mol. The van der Waals surface area contributed by atoms with Crippen LogP contribution in [-0.2, 0) is 16.4 Å². The van der Waals surface area contributed by atoms with Crippen LogP contribution in [0, 0.1) is 0 Å². The number of aromatic nitrogens is 1. The fraction of sp³-hybridized carbons (Fsp3) is 0.333. The second kappa shape index (κ2) is 9.42. The number of hydrogen-bond acceptors (Lipinski definition) is 5. The monoisotopic (exact) mass is 377 g/mol. The van der Waals surface area contributed by atoms with E-state index in [1.807, 2.05) is 12.1 Å². The average Bonchev–Trinajstić information content (AvgIpc) is 2.64. The van der Waals surface area contributed by atoms with Gasteiger partial charge >= 0.3 is 0 Å². The van der Waals surface area contributed by atoms with Gasteiger partial charge < -0.3 is 10.4 Å². The van der Waals surface area contributed by atoms with Crippen LogP contribution in [0.25, 0.3) is 0 Å². The molecule has 2 rings (SSSR count). The number of aliphatic hydroxyl groups is 1. The van der Waals surface area contributed by atoms with Crippen LogP contribution >= 0.6 is 0 Å². The minimum absolute atomic E-state index is 0.0115. The quantitative estimate of drug-likeness (QED) is 0.567. The third kappa shape index (κ3) is 6.21. The summed E-state index contributed by atoms with van der Waals surface area (Å²) >= 11 is 0. The minimum Gasteiger partial charge on any atom is -0.392 e. The first-order valence-corrected chi connectivity index (χ1v) is 9.82. The number of amides is 1. The minimum atomic E-state index is -3.77. The third-order valence-electron chi connectivity index (χ3n) is 3.65. The molecule has 140 valence electrons. The molecule has 1 atom stereocenters. The molecule has 3 N–H and O–H groups in total. The molecular formula is C18H23N3O4S. The van der Waals surface area contributed by atoms with E-state index in [1.165, 1.54) is 25.1 Å². The summed E-state index contributed by atoms with van der Waals surface area (Å²) < 4.78 is 26.6. The molecule has 0 aliphatic heterocycles. The number of aryl methyl sites for hydroxylation is 1. The highest BCUT2D eigenvalue weighted by Gasteiger charge is 2.16. The molecule has 1 heterocycles. The molecular weight excluding hydrogens is 354 g/mol. The lowest BCUT2D eigenvalue weighted by atomic mass is 10.1. The number of carbonyl (C=O) groups is 1. The van der Waals surface area contributed by atoms with Crippen molar-refractivity contribution in [3.63, 3.8) is 0 Å². The fourth-order valence-corrected chi connectivity index (χ4v) is 3.43. The Hall–Kier alpha value is -2.29. The lowest BCUT2D eigenvalue weighted by Crippen LogP contribution is -2.31. The molecule has 0 spiro atoms. The van der Waals surface area contributed by atoms with Crippen LogP contribution in [0.3, 0.4) is 0 Å². The third-order valence-corrected chi connectivity index (χ3v) is 5.07. The molecule has 0 aliphatic carbocycles. The summed E-state index contributed by atoms with van der Waals surface area (Å²) in [5.41, 5.74) is 1.42. The van der Waals surface area contributed by atoms with E-state index < -0.39 is 16.1 Å².